The standard InChI is InChI=1S/C31H35N5O3/c1-34-19-26(18-32-34)21-5-3-20(4-6-21)22-13-15-36(16-14-22)31(39)25-11-12-28(35(2)30(38)24-9-10-24)27(17-25)33-29(37)23-7-8-23/h3-6,11-12,17-19,22-24H,7-10,13-16H2,1-2H3,(H,33,37). The number of piperidine rings is 1. The minimum absolute atomic E-state index is 0.0269. The second-order valence-corrected chi connectivity index (χ2v) is 11.3. The SMILES string of the molecule is CN(C(=O)C1CC1)c1ccc(C(=O)N2CCC(c3ccc(-c4cnn(C)c4)cc3)CC2)cc1NC(=O)C1CC1. The first-order chi connectivity index (χ1) is 18.9. The lowest BCUT2D eigenvalue weighted by Crippen LogP contribution is -2.38. The van der Waals surface area contributed by atoms with Crippen LogP contribution in [0.4, 0.5) is 11.4 Å². The highest BCUT2D eigenvalue weighted by molar-refractivity contribution is 6.05. The predicted molar refractivity (Wildman–Crippen MR) is 150 cm³/mol. The summed E-state index contributed by atoms with van der Waals surface area (Å²) < 4.78 is 1.81. The van der Waals surface area contributed by atoms with Crippen molar-refractivity contribution in [3.63, 3.8) is 0 Å². The molecule has 3 amide bonds. The van der Waals surface area contributed by atoms with E-state index in [0.717, 1.165) is 49.7 Å². The Hall–Kier alpha value is -3.94. The molecule has 8 heteroatoms. The Morgan fingerprint density at radius 2 is 1.59 bits per heavy atom. The van der Waals surface area contributed by atoms with Crippen molar-refractivity contribution in [2.75, 3.05) is 30.4 Å². The number of amides is 3. The highest BCUT2D eigenvalue weighted by atomic mass is 16.2. The zero-order chi connectivity index (χ0) is 27.1. The maximum absolute atomic E-state index is 13.5. The number of aryl methyl sites for hydroxylation is 1. The molecule has 8 nitrogen and oxygen atoms in total. The van der Waals surface area contributed by atoms with Gasteiger partial charge in [-0.3, -0.25) is 19.1 Å². The van der Waals surface area contributed by atoms with Crippen LogP contribution in [0.5, 0.6) is 0 Å². The van der Waals surface area contributed by atoms with Gasteiger partial charge in [-0.25, -0.2) is 0 Å². The molecule has 0 bridgehead atoms. The van der Waals surface area contributed by atoms with E-state index in [-0.39, 0.29) is 29.6 Å². The van der Waals surface area contributed by atoms with Gasteiger partial charge >= 0.3 is 0 Å². The molecule has 1 aliphatic heterocycles. The summed E-state index contributed by atoms with van der Waals surface area (Å²) >= 11 is 0. The summed E-state index contributed by atoms with van der Waals surface area (Å²) in [6.45, 7) is 1.36. The number of hydrogen-bond acceptors (Lipinski definition) is 4. The molecule has 2 aliphatic carbocycles. The van der Waals surface area contributed by atoms with E-state index < -0.39 is 0 Å². The third kappa shape index (κ3) is 5.46. The monoisotopic (exact) mass is 525 g/mol. The molecule has 202 valence electrons. The quantitative estimate of drug-likeness (QED) is 0.479. The molecule has 0 unspecified atom stereocenters. The van der Waals surface area contributed by atoms with Crippen molar-refractivity contribution in [3.05, 3.63) is 66.0 Å². The van der Waals surface area contributed by atoms with Crippen LogP contribution in [0.15, 0.2) is 54.9 Å². The summed E-state index contributed by atoms with van der Waals surface area (Å²) in [5, 5.41) is 7.26. The van der Waals surface area contributed by atoms with Crippen LogP contribution in [0.2, 0.25) is 0 Å². The first kappa shape index (κ1) is 25.3. The van der Waals surface area contributed by atoms with Crippen molar-refractivity contribution in [2.24, 2.45) is 18.9 Å². The smallest absolute Gasteiger partial charge is 0.253 e. The van der Waals surface area contributed by atoms with Gasteiger partial charge in [-0.05, 0) is 73.8 Å². The molecule has 1 aromatic heterocycles. The normalized spacial score (nSPS) is 17.6. The summed E-state index contributed by atoms with van der Waals surface area (Å²) in [6, 6.07) is 14.0. The average Bonchev–Trinajstić information content (AvgIpc) is 3.90. The molecule has 2 aromatic carbocycles. The summed E-state index contributed by atoms with van der Waals surface area (Å²) in [5.41, 5.74) is 5.27. The third-order valence-corrected chi connectivity index (χ3v) is 8.27. The molecule has 39 heavy (non-hydrogen) atoms. The first-order valence-corrected chi connectivity index (χ1v) is 14.0. The largest absolute Gasteiger partial charge is 0.339 e. The maximum atomic E-state index is 13.5. The lowest BCUT2D eigenvalue weighted by Gasteiger charge is -2.32. The fourth-order valence-corrected chi connectivity index (χ4v) is 5.48. The minimum Gasteiger partial charge on any atom is -0.339 e. The zero-order valence-corrected chi connectivity index (χ0v) is 22.6. The highest BCUT2D eigenvalue weighted by Gasteiger charge is 2.35. The van der Waals surface area contributed by atoms with Gasteiger partial charge in [-0.1, -0.05) is 24.3 Å². The van der Waals surface area contributed by atoms with E-state index in [1.54, 1.807) is 34.8 Å². The number of carbonyl (C=O) groups excluding carboxylic acids is 3. The molecule has 0 spiro atoms. The molecule has 3 aliphatic rings. The Labute approximate surface area is 229 Å². The van der Waals surface area contributed by atoms with E-state index in [2.05, 4.69) is 34.7 Å². The van der Waals surface area contributed by atoms with Gasteiger partial charge in [-0.2, -0.15) is 5.10 Å². The molecular weight excluding hydrogens is 490 g/mol. The van der Waals surface area contributed by atoms with E-state index >= 15 is 0 Å². The van der Waals surface area contributed by atoms with Gasteiger partial charge in [0.25, 0.3) is 5.91 Å². The molecular formula is C31H35N5O3. The summed E-state index contributed by atoms with van der Waals surface area (Å²) in [5.74, 6) is 0.491. The van der Waals surface area contributed by atoms with Crippen molar-refractivity contribution in [1.82, 2.24) is 14.7 Å². The highest BCUT2D eigenvalue weighted by Crippen LogP contribution is 2.37. The van der Waals surface area contributed by atoms with Crippen LogP contribution in [0.3, 0.4) is 0 Å². The summed E-state index contributed by atoms with van der Waals surface area (Å²) in [6.07, 6.45) is 9.28. The Morgan fingerprint density at radius 1 is 0.897 bits per heavy atom. The molecule has 0 radical (unpaired) electrons. The summed E-state index contributed by atoms with van der Waals surface area (Å²) in [7, 11) is 3.67. The number of benzene rings is 2. The van der Waals surface area contributed by atoms with Gasteiger partial charge in [0.15, 0.2) is 0 Å². The molecule has 6 rings (SSSR count). The van der Waals surface area contributed by atoms with Gasteiger partial charge < -0.3 is 15.1 Å². The topological polar surface area (TPSA) is 87.5 Å². The minimum atomic E-state index is -0.0384. The van der Waals surface area contributed by atoms with E-state index in [1.165, 1.54) is 5.56 Å². The Bertz CT molecular complexity index is 1400. The number of nitrogens with one attached hydrogen (secondary N) is 1. The van der Waals surface area contributed by atoms with Gasteiger partial charge in [0.2, 0.25) is 11.8 Å². The fourth-order valence-electron chi connectivity index (χ4n) is 5.48. The number of aromatic nitrogens is 2. The Morgan fingerprint density at radius 3 is 2.21 bits per heavy atom. The van der Waals surface area contributed by atoms with Crippen molar-refractivity contribution < 1.29 is 14.4 Å². The number of rotatable bonds is 7. The van der Waals surface area contributed by atoms with Gasteiger partial charge in [-0.15, -0.1) is 0 Å². The molecule has 3 fully saturated rings. The number of anilines is 2. The Kier molecular flexibility index (Phi) is 6.71. The molecule has 3 aromatic rings. The van der Waals surface area contributed by atoms with E-state index in [0.29, 0.717) is 35.9 Å². The zero-order valence-electron chi connectivity index (χ0n) is 22.6. The fraction of sp³-hybridized carbons (Fsp3) is 0.419. The molecule has 1 saturated heterocycles. The maximum Gasteiger partial charge on any atom is 0.253 e. The van der Waals surface area contributed by atoms with Gasteiger partial charge in [0.05, 0.1) is 17.6 Å². The average molecular weight is 526 g/mol. The van der Waals surface area contributed by atoms with E-state index in [1.807, 2.05) is 24.3 Å². The van der Waals surface area contributed by atoms with Crippen LogP contribution in [0, 0.1) is 11.8 Å². The van der Waals surface area contributed by atoms with Crippen LogP contribution >= 0.6 is 0 Å². The molecule has 2 heterocycles. The van der Waals surface area contributed by atoms with Gasteiger partial charge in [0, 0.05) is 56.3 Å². The van der Waals surface area contributed by atoms with Crippen molar-refractivity contribution in [3.8, 4) is 11.1 Å². The number of hydrogen-bond donors (Lipinski definition) is 1. The molecule has 1 N–H and O–H groups in total. The Balaban J connectivity index is 1.13. The molecule has 0 atom stereocenters. The number of likely N-dealkylation sites (tertiary alicyclic amines) is 1. The van der Waals surface area contributed by atoms with Crippen molar-refractivity contribution >= 4 is 29.1 Å². The van der Waals surface area contributed by atoms with Crippen molar-refractivity contribution in [2.45, 2.75) is 44.4 Å². The number of carbonyl (C=O) groups is 3. The second kappa shape index (κ2) is 10.3. The first-order valence-electron chi connectivity index (χ1n) is 14.0. The van der Waals surface area contributed by atoms with E-state index in [4.69, 9.17) is 0 Å². The summed E-state index contributed by atoms with van der Waals surface area (Å²) in [4.78, 5) is 42.4. The van der Waals surface area contributed by atoms with Crippen LogP contribution in [0.25, 0.3) is 11.1 Å². The number of nitrogens with zero attached hydrogens (tertiary/aromatic N) is 4. The van der Waals surface area contributed by atoms with Gasteiger partial charge in [0.1, 0.15) is 0 Å². The predicted octanol–water partition coefficient (Wildman–Crippen LogP) is 4.83. The van der Waals surface area contributed by atoms with Crippen LogP contribution < -0.4 is 10.2 Å². The van der Waals surface area contributed by atoms with Crippen LogP contribution in [0.1, 0.15) is 60.4 Å². The second-order valence-electron chi connectivity index (χ2n) is 11.3. The third-order valence-electron chi connectivity index (χ3n) is 8.27. The van der Waals surface area contributed by atoms with E-state index in [9.17, 15) is 14.4 Å². The lowest BCUT2D eigenvalue weighted by atomic mass is 9.88. The molecule has 2 saturated carbocycles. The van der Waals surface area contributed by atoms with Crippen LogP contribution in [-0.4, -0.2) is 52.5 Å². The lowest BCUT2D eigenvalue weighted by molar-refractivity contribution is -0.119. The van der Waals surface area contributed by atoms with Crippen LogP contribution in [-0.2, 0) is 16.6 Å². The van der Waals surface area contributed by atoms with Crippen molar-refractivity contribution in [1.29, 1.82) is 0 Å².